The summed E-state index contributed by atoms with van der Waals surface area (Å²) < 4.78 is 36.7. The van der Waals surface area contributed by atoms with Gasteiger partial charge < -0.3 is 5.11 Å². The van der Waals surface area contributed by atoms with E-state index in [0.717, 1.165) is 5.56 Å². The van der Waals surface area contributed by atoms with Gasteiger partial charge in [0.05, 0.1) is 0 Å². The van der Waals surface area contributed by atoms with Crippen molar-refractivity contribution in [3.05, 3.63) is 59.4 Å². The normalized spacial score (nSPS) is 13.2. The number of halogens is 3. The van der Waals surface area contributed by atoms with Crippen molar-refractivity contribution in [1.82, 2.24) is 4.98 Å². The van der Waals surface area contributed by atoms with Crippen molar-refractivity contribution in [3.63, 3.8) is 0 Å². The van der Waals surface area contributed by atoms with E-state index in [9.17, 15) is 18.3 Å². The van der Waals surface area contributed by atoms with Crippen LogP contribution in [0.25, 0.3) is 0 Å². The van der Waals surface area contributed by atoms with Crippen LogP contribution in [0.3, 0.4) is 0 Å². The second-order valence-corrected chi connectivity index (χ2v) is 5.39. The largest absolute Gasteiger partial charge is 0.446 e. The first-order valence-corrected chi connectivity index (χ1v) is 6.63. The van der Waals surface area contributed by atoms with Crippen LogP contribution in [0, 0.1) is 6.92 Å². The number of aryl methyl sites for hydroxylation is 1. The van der Waals surface area contributed by atoms with Gasteiger partial charge in [0.2, 0.25) is 0 Å². The zero-order valence-corrected chi connectivity index (χ0v) is 11.4. The van der Waals surface area contributed by atoms with Crippen molar-refractivity contribution in [2.45, 2.75) is 23.4 Å². The highest BCUT2D eigenvalue weighted by atomic mass is 32.2. The van der Waals surface area contributed by atoms with Crippen LogP contribution in [0.5, 0.6) is 0 Å². The van der Waals surface area contributed by atoms with Gasteiger partial charge in [0.25, 0.3) is 0 Å². The second-order valence-electron chi connectivity index (χ2n) is 4.25. The summed E-state index contributed by atoms with van der Waals surface area (Å²) in [5.41, 5.74) is -2.25. The van der Waals surface area contributed by atoms with Crippen LogP contribution < -0.4 is 0 Å². The molecule has 1 N–H and O–H groups in total. The molecule has 0 aliphatic rings. The summed E-state index contributed by atoms with van der Waals surface area (Å²) in [6, 6.07) is 7.45. The number of pyridine rings is 1. The number of benzene rings is 1. The van der Waals surface area contributed by atoms with Gasteiger partial charge in [-0.3, -0.25) is 4.98 Å². The topological polar surface area (TPSA) is 33.1 Å². The number of hydrogen-bond donors (Lipinski definition) is 1. The molecule has 2 rings (SSSR count). The van der Waals surface area contributed by atoms with Crippen LogP contribution in [-0.2, 0) is 0 Å². The van der Waals surface area contributed by atoms with Gasteiger partial charge in [0.15, 0.2) is 0 Å². The van der Waals surface area contributed by atoms with Gasteiger partial charge in [0, 0.05) is 22.9 Å². The highest BCUT2D eigenvalue weighted by Gasteiger charge is 2.29. The number of aliphatic hydroxyl groups excluding tert-OH is 1. The number of nitrogens with zero attached hydrogens (tertiary/aromatic N) is 1. The monoisotopic (exact) mass is 299 g/mol. The maximum atomic E-state index is 12.2. The van der Waals surface area contributed by atoms with Crippen molar-refractivity contribution in [2.24, 2.45) is 0 Å². The molecule has 0 aliphatic heterocycles. The van der Waals surface area contributed by atoms with Crippen LogP contribution in [0.1, 0.15) is 22.8 Å². The summed E-state index contributed by atoms with van der Waals surface area (Å²) in [4.78, 5) is 4.04. The van der Waals surface area contributed by atoms with Crippen LogP contribution in [0.15, 0.2) is 47.6 Å². The fourth-order valence-corrected chi connectivity index (χ4v) is 2.33. The van der Waals surface area contributed by atoms with Gasteiger partial charge in [-0.05, 0) is 48.0 Å². The molecule has 106 valence electrons. The number of hydrogen-bond acceptors (Lipinski definition) is 3. The van der Waals surface area contributed by atoms with E-state index in [0.29, 0.717) is 11.1 Å². The highest BCUT2D eigenvalue weighted by molar-refractivity contribution is 8.00. The Labute approximate surface area is 118 Å². The molecule has 20 heavy (non-hydrogen) atoms. The van der Waals surface area contributed by atoms with Gasteiger partial charge in [-0.2, -0.15) is 13.2 Å². The van der Waals surface area contributed by atoms with Crippen LogP contribution in [0.2, 0.25) is 0 Å². The number of aliphatic hydroxyl groups is 1. The second kappa shape index (κ2) is 5.85. The summed E-state index contributed by atoms with van der Waals surface area (Å²) in [7, 11) is 0. The summed E-state index contributed by atoms with van der Waals surface area (Å²) >= 11 is -0.174. The van der Waals surface area contributed by atoms with Gasteiger partial charge >= 0.3 is 5.51 Å². The molecule has 0 aliphatic carbocycles. The minimum absolute atomic E-state index is 0.0939. The van der Waals surface area contributed by atoms with E-state index in [2.05, 4.69) is 4.98 Å². The van der Waals surface area contributed by atoms with E-state index in [-0.39, 0.29) is 16.7 Å². The molecule has 2 nitrogen and oxygen atoms in total. The Bertz CT molecular complexity index is 584. The van der Waals surface area contributed by atoms with Crippen molar-refractivity contribution in [2.75, 3.05) is 0 Å². The molecule has 0 fully saturated rings. The lowest BCUT2D eigenvalue weighted by Crippen LogP contribution is -2.03. The SMILES string of the molecule is Cc1ccncc1C(O)c1ccc(SC(F)(F)F)cc1. The average Bonchev–Trinajstić information content (AvgIpc) is 2.37. The lowest BCUT2D eigenvalue weighted by atomic mass is 10.00. The minimum atomic E-state index is -4.31. The Balaban J connectivity index is 2.20. The third-order valence-corrected chi connectivity index (χ3v) is 3.54. The number of alkyl halides is 3. The summed E-state index contributed by atoms with van der Waals surface area (Å²) in [5, 5.41) is 10.2. The van der Waals surface area contributed by atoms with Crippen LogP contribution in [0.4, 0.5) is 13.2 Å². The first-order chi connectivity index (χ1) is 9.37. The molecule has 6 heteroatoms. The van der Waals surface area contributed by atoms with Gasteiger partial charge in [-0.1, -0.05) is 12.1 Å². The Morgan fingerprint density at radius 2 is 1.80 bits per heavy atom. The first kappa shape index (κ1) is 14.9. The number of thioether (sulfide) groups is 1. The predicted octanol–water partition coefficient (Wildman–Crippen LogP) is 4.08. The van der Waals surface area contributed by atoms with Crippen molar-refractivity contribution < 1.29 is 18.3 Å². The van der Waals surface area contributed by atoms with Crippen molar-refractivity contribution in [3.8, 4) is 0 Å². The number of rotatable bonds is 3. The lowest BCUT2D eigenvalue weighted by Gasteiger charge is -2.14. The highest BCUT2D eigenvalue weighted by Crippen LogP contribution is 2.37. The van der Waals surface area contributed by atoms with E-state index >= 15 is 0 Å². The fourth-order valence-electron chi connectivity index (χ4n) is 1.79. The molecule has 0 radical (unpaired) electrons. The molecular weight excluding hydrogens is 287 g/mol. The number of aromatic nitrogens is 1. The Kier molecular flexibility index (Phi) is 4.35. The third kappa shape index (κ3) is 3.74. The molecule has 1 aromatic carbocycles. The summed E-state index contributed by atoms with van der Waals surface area (Å²) in [6.45, 7) is 1.84. The molecule has 1 aromatic heterocycles. The summed E-state index contributed by atoms with van der Waals surface area (Å²) in [6.07, 6.45) is 2.28. The van der Waals surface area contributed by atoms with Gasteiger partial charge in [-0.25, -0.2) is 0 Å². The Morgan fingerprint density at radius 3 is 2.35 bits per heavy atom. The molecule has 0 spiro atoms. The molecule has 0 saturated carbocycles. The Hall–Kier alpha value is -1.53. The molecule has 2 aromatic rings. The van der Waals surface area contributed by atoms with E-state index in [4.69, 9.17) is 0 Å². The zero-order valence-electron chi connectivity index (χ0n) is 10.6. The molecule has 1 atom stereocenters. The molecular formula is C14H12F3NOS. The molecule has 1 heterocycles. The van der Waals surface area contributed by atoms with E-state index < -0.39 is 11.6 Å². The molecule has 0 bridgehead atoms. The van der Waals surface area contributed by atoms with Crippen molar-refractivity contribution in [1.29, 1.82) is 0 Å². The first-order valence-electron chi connectivity index (χ1n) is 5.81. The maximum absolute atomic E-state index is 12.2. The molecule has 0 amide bonds. The van der Waals surface area contributed by atoms with E-state index in [1.165, 1.54) is 24.3 Å². The van der Waals surface area contributed by atoms with E-state index in [1.807, 2.05) is 6.92 Å². The average molecular weight is 299 g/mol. The predicted molar refractivity (Wildman–Crippen MR) is 71.4 cm³/mol. The van der Waals surface area contributed by atoms with Gasteiger partial charge in [-0.15, -0.1) is 0 Å². The minimum Gasteiger partial charge on any atom is -0.384 e. The standard InChI is InChI=1S/C14H12F3NOS/c1-9-6-7-18-8-12(9)13(19)10-2-4-11(5-3-10)20-14(15,16)17/h2-8,13,19H,1H3. The smallest absolute Gasteiger partial charge is 0.384 e. The summed E-state index contributed by atoms with van der Waals surface area (Å²) in [5.74, 6) is 0. The van der Waals surface area contributed by atoms with Crippen LogP contribution >= 0.6 is 11.8 Å². The Morgan fingerprint density at radius 1 is 1.15 bits per heavy atom. The van der Waals surface area contributed by atoms with Crippen LogP contribution in [-0.4, -0.2) is 15.6 Å². The third-order valence-electron chi connectivity index (χ3n) is 2.80. The molecule has 0 saturated heterocycles. The van der Waals surface area contributed by atoms with Crippen molar-refractivity contribution >= 4 is 11.8 Å². The quantitative estimate of drug-likeness (QED) is 0.867. The molecule has 1 unspecified atom stereocenters. The van der Waals surface area contributed by atoms with E-state index in [1.54, 1.807) is 18.5 Å². The van der Waals surface area contributed by atoms with Gasteiger partial charge in [0.1, 0.15) is 6.10 Å². The zero-order chi connectivity index (χ0) is 14.8. The lowest BCUT2D eigenvalue weighted by molar-refractivity contribution is -0.0328. The maximum Gasteiger partial charge on any atom is 0.446 e. The fraction of sp³-hybridized carbons (Fsp3) is 0.214.